The number of amides is 1. The number of aromatic carboxylic acids is 1. The van der Waals surface area contributed by atoms with Crippen LogP contribution in [0.1, 0.15) is 115 Å². The van der Waals surface area contributed by atoms with Crippen molar-refractivity contribution in [1.29, 1.82) is 0 Å². The normalized spacial score (nSPS) is 38.9. The second kappa shape index (κ2) is 11.8. The molecule has 7 rings (SSSR count). The number of fused-ring (bicyclic) bond motifs is 7. The summed E-state index contributed by atoms with van der Waals surface area (Å²) in [4.78, 5) is 29.2. The SMILES string of the molecule is C=C(C)[C@@H]1CC[C@]2(NC(=O)COc3cccnc3)CC[C@]3(C)[C@H](CCC4[C@@]5(C)CC=C(c6ccc(C(=O)O)cc6)C(C)(C)C5CC[C@]43C)C12. The van der Waals surface area contributed by atoms with Crippen LogP contribution in [0.2, 0.25) is 0 Å². The number of ether oxygens (including phenoxy) is 1. The van der Waals surface area contributed by atoms with Crippen LogP contribution in [0.5, 0.6) is 5.75 Å². The van der Waals surface area contributed by atoms with E-state index < -0.39 is 5.97 Å². The van der Waals surface area contributed by atoms with Gasteiger partial charge in [-0.3, -0.25) is 9.78 Å². The largest absolute Gasteiger partial charge is 0.482 e. The highest BCUT2D eigenvalue weighted by Gasteiger charge is 2.70. The van der Waals surface area contributed by atoms with E-state index in [1.165, 1.54) is 36.8 Å². The first-order valence-electron chi connectivity index (χ1n) is 18.7. The number of hydrogen-bond acceptors (Lipinski definition) is 4. The summed E-state index contributed by atoms with van der Waals surface area (Å²) in [7, 11) is 0. The van der Waals surface area contributed by atoms with Gasteiger partial charge in [-0.25, -0.2) is 4.79 Å². The maximum absolute atomic E-state index is 13.6. The lowest BCUT2D eigenvalue weighted by Gasteiger charge is -2.72. The Morgan fingerprint density at radius 3 is 2.37 bits per heavy atom. The molecule has 1 amide bonds. The molecule has 5 aliphatic carbocycles. The van der Waals surface area contributed by atoms with Gasteiger partial charge in [-0.15, -0.1) is 0 Å². The number of nitrogens with one attached hydrogen (secondary N) is 1. The second-order valence-electron chi connectivity index (χ2n) is 17.8. The summed E-state index contributed by atoms with van der Waals surface area (Å²) in [6.45, 7) is 19.5. The van der Waals surface area contributed by atoms with E-state index in [-0.39, 0.29) is 39.7 Å². The van der Waals surface area contributed by atoms with E-state index in [0.717, 1.165) is 37.7 Å². The topological polar surface area (TPSA) is 88.5 Å². The van der Waals surface area contributed by atoms with Crippen LogP contribution in [0.25, 0.3) is 5.57 Å². The van der Waals surface area contributed by atoms with Crippen molar-refractivity contribution in [3.05, 3.63) is 78.1 Å². The third-order valence-corrected chi connectivity index (χ3v) is 15.5. The molecule has 6 nitrogen and oxygen atoms in total. The van der Waals surface area contributed by atoms with Crippen LogP contribution in [0, 0.1) is 51.2 Å². The highest BCUT2D eigenvalue weighted by Crippen LogP contribution is 2.76. The summed E-state index contributed by atoms with van der Waals surface area (Å²) in [5, 5.41) is 13.1. The van der Waals surface area contributed by atoms with Gasteiger partial charge >= 0.3 is 5.97 Å². The molecule has 5 aliphatic rings. The smallest absolute Gasteiger partial charge is 0.335 e. The van der Waals surface area contributed by atoms with Gasteiger partial charge in [0.15, 0.2) is 6.61 Å². The lowest BCUT2D eigenvalue weighted by molar-refractivity contribution is -0.219. The van der Waals surface area contributed by atoms with Crippen LogP contribution in [-0.2, 0) is 4.79 Å². The van der Waals surface area contributed by atoms with E-state index in [0.29, 0.717) is 40.9 Å². The van der Waals surface area contributed by atoms with Crippen molar-refractivity contribution in [2.45, 2.75) is 105 Å². The number of hydrogen-bond donors (Lipinski definition) is 2. The number of carboxylic acid groups (broad SMARTS) is 1. The molecule has 0 saturated heterocycles. The Morgan fingerprint density at radius 2 is 1.69 bits per heavy atom. The van der Waals surface area contributed by atoms with E-state index in [1.807, 2.05) is 24.3 Å². The molecule has 2 aromatic rings. The molecule has 1 aromatic carbocycles. The number of allylic oxidation sites excluding steroid dienone is 3. The highest BCUT2D eigenvalue weighted by molar-refractivity contribution is 5.88. The first-order chi connectivity index (χ1) is 23.2. The average Bonchev–Trinajstić information content (AvgIpc) is 3.44. The molecule has 0 spiro atoms. The molecule has 4 fully saturated rings. The van der Waals surface area contributed by atoms with Crippen LogP contribution in [0.3, 0.4) is 0 Å². The molecule has 6 heteroatoms. The monoisotopic (exact) mass is 664 g/mol. The van der Waals surface area contributed by atoms with Gasteiger partial charge in [-0.2, -0.15) is 0 Å². The van der Waals surface area contributed by atoms with E-state index in [9.17, 15) is 14.7 Å². The van der Waals surface area contributed by atoms with Crippen molar-refractivity contribution in [3.63, 3.8) is 0 Å². The molecule has 0 aliphatic heterocycles. The number of benzene rings is 1. The summed E-state index contributed by atoms with van der Waals surface area (Å²) in [5.74, 6) is 2.21. The Labute approximate surface area is 293 Å². The third-order valence-electron chi connectivity index (χ3n) is 15.5. The molecule has 49 heavy (non-hydrogen) atoms. The molecule has 0 radical (unpaired) electrons. The fourth-order valence-electron chi connectivity index (χ4n) is 13.2. The average molecular weight is 665 g/mol. The van der Waals surface area contributed by atoms with E-state index in [4.69, 9.17) is 4.74 Å². The van der Waals surface area contributed by atoms with Crippen LogP contribution in [0.4, 0.5) is 0 Å². The Bertz CT molecular complexity index is 1660. The number of nitrogens with zero attached hydrogens (tertiary/aromatic N) is 1. The zero-order chi connectivity index (χ0) is 35.0. The summed E-state index contributed by atoms with van der Waals surface area (Å²) >= 11 is 0. The van der Waals surface area contributed by atoms with E-state index in [1.54, 1.807) is 24.5 Å². The van der Waals surface area contributed by atoms with Crippen LogP contribution < -0.4 is 10.1 Å². The summed E-state index contributed by atoms with van der Waals surface area (Å²) in [5.41, 5.74) is 4.47. The van der Waals surface area contributed by atoms with Crippen molar-refractivity contribution < 1.29 is 19.4 Å². The summed E-state index contributed by atoms with van der Waals surface area (Å²) in [6.07, 6.45) is 16.0. The Kier molecular flexibility index (Phi) is 8.23. The molecule has 262 valence electrons. The van der Waals surface area contributed by atoms with Gasteiger partial charge in [0, 0.05) is 11.7 Å². The zero-order valence-corrected chi connectivity index (χ0v) is 30.5. The van der Waals surface area contributed by atoms with Crippen LogP contribution in [-0.4, -0.2) is 34.1 Å². The fraction of sp³-hybridized carbons (Fsp3) is 0.605. The molecule has 1 aromatic heterocycles. The first kappa shape index (κ1) is 34.1. The lowest BCUT2D eigenvalue weighted by atomic mass is 9.33. The van der Waals surface area contributed by atoms with Gasteiger partial charge in [0.05, 0.1) is 11.8 Å². The van der Waals surface area contributed by atoms with Gasteiger partial charge in [-0.05, 0) is 151 Å². The highest BCUT2D eigenvalue weighted by atomic mass is 16.5. The van der Waals surface area contributed by atoms with E-state index in [2.05, 4.69) is 64.5 Å². The first-order valence-corrected chi connectivity index (χ1v) is 18.7. The number of rotatable bonds is 7. The maximum atomic E-state index is 13.6. The molecule has 1 heterocycles. The third kappa shape index (κ3) is 5.13. The number of carbonyl (C=O) groups is 2. The van der Waals surface area contributed by atoms with Crippen molar-refractivity contribution >= 4 is 17.4 Å². The molecule has 2 N–H and O–H groups in total. The minimum Gasteiger partial charge on any atom is -0.482 e. The van der Waals surface area contributed by atoms with Crippen LogP contribution >= 0.6 is 0 Å². The lowest BCUT2D eigenvalue weighted by Crippen LogP contribution is -2.68. The minimum absolute atomic E-state index is 0.00830. The predicted octanol–water partition coefficient (Wildman–Crippen LogP) is 9.38. The second-order valence-corrected chi connectivity index (χ2v) is 17.8. The Balaban J connectivity index is 1.17. The van der Waals surface area contributed by atoms with E-state index >= 15 is 0 Å². The van der Waals surface area contributed by atoms with Crippen LogP contribution in [0.15, 0.2) is 67.0 Å². The zero-order valence-electron chi connectivity index (χ0n) is 30.5. The predicted molar refractivity (Wildman–Crippen MR) is 194 cm³/mol. The van der Waals surface area contributed by atoms with Crippen molar-refractivity contribution in [2.24, 2.45) is 51.2 Å². The molecule has 3 unspecified atom stereocenters. The quantitative estimate of drug-likeness (QED) is 0.288. The number of carboxylic acids is 1. The van der Waals surface area contributed by atoms with Gasteiger partial charge < -0.3 is 15.2 Å². The molecule has 4 saturated carbocycles. The van der Waals surface area contributed by atoms with Gasteiger partial charge in [-0.1, -0.05) is 65.0 Å². The molecule has 9 atom stereocenters. The van der Waals surface area contributed by atoms with Gasteiger partial charge in [0.1, 0.15) is 5.75 Å². The maximum Gasteiger partial charge on any atom is 0.335 e. The van der Waals surface area contributed by atoms with Gasteiger partial charge in [0.25, 0.3) is 5.91 Å². The van der Waals surface area contributed by atoms with Crippen molar-refractivity contribution in [2.75, 3.05) is 6.61 Å². The Morgan fingerprint density at radius 1 is 0.939 bits per heavy atom. The standard InChI is InChI=1S/C43H56N2O4/c1-27(2)31-16-21-43(45-36(46)26-49-30-9-8-24-44-25-30)23-22-41(6)33(37(31)43)14-15-35-40(5)19-17-32(28-10-12-29(13-11-28)38(47)48)39(3,4)34(40)18-20-42(35,41)7/h8-13,17,24-25,31,33-35,37H,1,14-16,18-23,26H2,2-7H3,(H,45,46)(H,47,48)/t31-,33+,34?,35?,37?,40-,41+,42+,43-/m0/s1. The van der Waals surface area contributed by atoms with Gasteiger partial charge in [0.2, 0.25) is 0 Å². The number of carbonyl (C=O) groups excluding carboxylic acids is 1. The Hall–Kier alpha value is -3.41. The summed E-state index contributed by atoms with van der Waals surface area (Å²) < 4.78 is 5.85. The number of pyridine rings is 1. The number of aromatic nitrogens is 1. The fourth-order valence-corrected chi connectivity index (χ4v) is 13.2. The molecular formula is C43H56N2O4. The molecule has 0 bridgehead atoms. The summed E-state index contributed by atoms with van der Waals surface area (Å²) in [6, 6.07) is 11.2. The minimum atomic E-state index is -0.879. The molecular weight excluding hydrogens is 608 g/mol. The van der Waals surface area contributed by atoms with Crippen molar-refractivity contribution in [3.8, 4) is 5.75 Å². The van der Waals surface area contributed by atoms with Crippen molar-refractivity contribution in [1.82, 2.24) is 10.3 Å².